The van der Waals surface area contributed by atoms with Crippen LogP contribution in [0.4, 0.5) is 10.5 Å². The fourth-order valence-corrected chi connectivity index (χ4v) is 4.26. The molecule has 1 aliphatic rings. The second-order valence-electron chi connectivity index (χ2n) is 8.26. The van der Waals surface area contributed by atoms with Crippen molar-refractivity contribution in [3.05, 3.63) is 47.8 Å². The van der Waals surface area contributed by atoms with Gasteiger partial charge in [-0.15, -0.1) is 0 Å². The molecular weight excluding hydrogens is 404 g/mol. The molecule has 1 saturated heterocycles. The summed E-state index contributed by atoms with van der Waals surface area (Å²) in [5, 5.41) is 1.06. The molecule has 0 atom stereocenters. The number of urea groups is 1. The number of benzene rings is 1. The Morgan fingerprint density at radius 2 is 2.03 bits per heavy atom. The van der Waals surface area contributed by atoms with Crippen LogP contribution >= 0.6 is 0 Å². The molecule has 0 unspecified atom stereocenters. The number of nitrogens with one attached hydrogen (secondary N) is 1. The number of anilines is 1. The van der Waals surface area contributed by atoms with Crippen molar-refractivity contribution in [2.24, 2.45) is 0 Å². The maximum atomic E-state index is 13.5. The molecule has 1 N–H and O–H groups in total. The second-order valence-corrected chi connectivity index (χ2v) is 8.26. The Morgan fingerprint density at radius 1 is 1.16 bits per heavy atom. The minimum atomic E-state index is 0.0157. The average molecular weight is 437 g/mol. The Labute approximate surface area is 189 Å². The number of hydrogen-bond acceptors (Lipinski definition) is 4. The second kappa shape index (κ2) is 9.94. The fraction of sp³-hybridized carbons (Fsp3) is 0.440. The molecule has 2 aromatic heterocycles. The van der Waals surface area contributed by atoms with Crippen molar-refractivity contribution in [3.63, 3.8) is 0 Å². The monoisotopic (exact) mass is 436 g/mol. The smallest absolute Gasteiger partial charge is 0.324 e. The van der Waals surface area contributed by atoms with Gasteiger partial charge in [0.2, 0.25) is 0 Å². The number of H-pyrrole nitrogens is 1. The molecule has 3 aromatic rings. The number of pyridine rings is 1. The zero-order valence-electron chi connectivity index (χ0n) is 19.2. The third-order valence-corrected chi connectivity index (χ3v) is 6.00. The molecule has 0 radical (unpaired) electrons. The van der Waals surface area contributed by atoms with Crippen LogP contribution in [0.15, 0.2) is 36.7 Å². The molecule has 3 heterocycles. The molecule has 0 spiro atoms. The van der Waals surface area contributed by atoms with Crippen LogP contribution in [0.1, 0.15) is 43.7 Å². The van der Waals surface area contributed by atoms with Crippen LogP contribution in [0.5, 0.6) is 11.5 Å². The van der Waals surface area contributed by atoms with Crippen molar-refractivity contribution in [1.82, 2.24) is 14.9 Å². The summed E-state index contributed by atoms with van der Waals surface area (Å²) in [7, 11) is 1.65. The summed E-state index contributed by atoms with van der Waals surface area (Å²) in [5.41, 5.74) is 3.82. The van der Waals surface area contributed by atoms with Crippen LogP contribution in [0.25, 0.3) is 11.0 Å². The maximum Gasteiger partial charge on any atom is 0.324 e. The number of unbranched alkanes of at least 4 members (excludes halogenated alkanes) is 2. The number of ether oxygens (including phenoxy) is 2. The van der Waals surface area contributed by atoms with E-state index in [1.165, 1.54) is 0 Å². The molecule has 170 valence electrons. The number of carbonyl (C=O) groups excluding carboxylic acids is 1. The molecule has 2 amide bonds. The summed E-state index contributed by atoms with van der Waals surface area (Å²) in [4.78, 5) is 24.8. The van der Waals surface area contributed by atoms with Crippen molar-refractivity contribution < 1.29 is 14.3 Å². The molecule has 1 aromatic carbocycles. The van der Waals surface area contributed by atoms with Gasteiger partial charge in [0.25, 0.3) is 0 Å². The number of hydrogen-bond donors (Lipinski definition) is 1. The topological polar surface area (TPSA) is 70.7 Å². The highest BCUT2D eigenvalue weighted by Gasteiger charge is 2.29. The number of methoxy groups -OCH3 is 1. The third kappa shape index (κ3) is 4.52. The molecule has 7 heteroatoms. The van der Waals surface area contributed by atoms with E-state index in [1.54, 1.807) is 13.3 Å². The van der Waals surface area contributed by atoms with Crippen LogP contribution in [0, 0.1) is 6.92 Å². The van der Waals surface area contributed by atoms with Gasteiger partial charge >= 0.3 is 6.03 Å². The highest BCUT2D eigenvalue weighted by Crippen LogP contribution is 2.36. The van der Waals surface area contributed by atoms with E-state index in [1.807, 2.05) is 47.2 Å². The lowest BCUT2D eigenvalue weighted by Crippen LogP contribution is -2.49. The van der Waals surface area contributed by atoms with Gasteiger partial charge < -0.3 is 19.4 Å². The van der Waals surface area contributed by atoms with E-state index in [0.29, 0.717) is 31.2 Å². The summed E-state index contributed by atoms with van der Waals surface area (Å²) in [6, 6.07) is 7.94. The van der Waals surface area contributed by atoms with E-state index in [-0.39, 0.29) is 6.03 Å². The van der Waals surface area contributed by atoms with Gasteiger partial charge in [0, 0.05) is 43.5 Å². The van der Waals surface area contributed by atoms with Crippen molar-refractivity contribution in [2.75, 3.05) is 31.7 Å². The maximum absolute atomic E-state index is 13.5. The van der Waals surface area contributed by atoms with E-state index < -0.39 is 0 Å². The van der Waals surface area contributed by atoms with Crippen LogP contribution in [-0.2, 0) is 6.54 Å². The molecule has 1 fully saturated rings. The van der Waals surface area contributed by atoms with Gasteiger partial charge in [-0.3, -0.25) is 4.90 Å². The molecule has 0 bridgehead atoms. The Hall–Kier alpha value is -3.22. The number of amides is 2. The van der Waals surface area contributed by atoms with Crippen LogP contribution in [0.3, 0.4) is 0 Å². The van der Waals surface area contributed by atoms with Gasteiger partial charge in [-0.1, -0.05) is 19.8 Å². The fourth-order valence-electron chi connectivity index (χ4n) is 4.26. The van der Waals surface area contributed by atoms with Crippen LogP contribution < -0.4 is 14.4 Å². The summed E-state index contributed by atoms with van der Waals surface area (Å²) >= 11 is 0. The van der Waals surface area contributed by atoms with E-state index in [4.69, 9.17) is 9.47 Å². The molecule has 4 rings (SSSR count). The lowest BCUT2D eigenvalue weighted by Gasteiger charge is -2.36. The number of fused-ring (bicyclic) bond motifs is 1. The number of nitrogens with zero attached hydrogens (tertiary/aromatic N) is 3. The first-order chi connectivity index (χ1) is 15.6. The Balaban J connectivity index is 1.56. The zero-order valence-corrected chi connectivity index (χ0v) is 19.2. The normalized spacial score (nSPS) is 14.3. The minimum absolute atomic E-state index is 0.0157. The van der Waals surface area contributed by atoms with E-state index in [0.717, 1.165) is 60.1 Å². The Bertz CT molecular complexity index is 1080. The summed E-state index contributed by atoms with van der Waals surface area (Å²) < 4.78 is 11.6. The van der Waals surface area contributed by atoms with Gasteiger partial charge in [-0.25, -0.2) is 9.78 Å². The summed E-state index contributed by atoms with van der Waals surface area (Å²) in [6.45, 7) is 6.80. The van der Waals surface area contributed by atoms with Crippen LogP contribution in [-0.4, -0.2) is 47.7 Å². The summed E-state index contributed by atoms with van der Waals surface area (Å²) in [6.07, 6.45) is 7.85. The standard InChI is InChI=1S/C25H32N4O3/c1-4-5-6-14-32-23-16-21(18(2)15-22(23)31-3)29-13-7-12-28(25(29)30)17-19-8-10-26-24-20(19)9-11-27-24/h8-11,15-16H,4-7,12-14,17H2,1-3H3,(H,26,27). The molecular formula is C25H32N4O3. The first kappa shape index (κ1) is 22.0. The highest BCUT2D eigenvalue weighted by atomic mass is 16.5. The van der Waals surface area contributed by atoms with E-state index in [2.05, 4.69) is 16.9 Å². The van der Waals surface area contributed by atoms with Gasteiger partial charge in [0.15, 0.2) is 11.5 Å². The largest absolute Gasteiger partial charge is 0.493 e. The number of carbonyl (C=O) groups is 1. The molecule has 7 nitrogen and oxygen atoms in total. The van der Waals surface area contributed by atoms with Gasteiger partial charge in [0.1, 0.15) is 5.65 Å². The molecule has 0 saturated carbocycles. The van der Waals surface area contributed by atoms with Crippen molar-refractivity contribution >= 4 is 22.8 Å². The van der Waals surface area contributed by atoms with Gasteiger partial charge in [-0.05, 0) is 49.1 Å². The predicted octanol–water partition coefficient (Wildman–Crippen LogP) is 5.28. The highest BCUT2D eigenvalue weighted by molar-refractivity contribution is 5.94. The SMILES string of the molecule is CCCCCOc1cc(N2CCCN(Cc3ccnc4[nH]ccc34)C2=O)c(C)cc1OC. The van der Waals surface area contributed by atoms with E-state index >= 15 is 0 Å². The van der Waals surface area contributed by atoms with Gasteiger partial charge in [-0.2, -0.15) is 0 Å². The zero-order chi connectivity index (χ0) is 22.5. The average Bonchev–Trinajstić information content (AvgIpc) is 3.29. The molecule has 32 heavy (non-hydrogen) atoms. The van der Waals surface area contributed by atoms with Crippen molar-refractivity contribution in [3.8, 4) is 11.5 Å². The third-order valence-electron chi connectivity index (χ3n) is 6.00. The number of aromatic amines is 1. The van der Waals surface area contributed by atoms with Crippen molar-refractivity contribution in [2.45, 2.75) is 46.1 Å². The number of rotatable bonds is 9. The van der Waals surface area contributed by atoms with Gasteiger partial charge in [0.05, 0.1) is 19.4 Å². The van der Waals surface area contributed by atoms with E-state index in [9.17, 15) is 4.79 Å². The van der Waals surface area contributed by atoms with Crippen molar-refractivity contribution in [1.29, 1.82) is 0 Å². The molecule has 0 aliphatic carbocycles. The van der Waals surface area contributed by atoms with Crippen LogP contribution in [0.2, 0.25) is 0 Å². The summed E-state index contributed by atoms with van der Waals surface area (Å²) in [5.74, 6) is 1.40. The first-order valence-electron chi connectivity index (χ1n) is 11.4. The Kier molecular flexibility index (Phi) is 6.83. The molecule has 1 aliphatic heterocycles. The number of aromatic nitrogens is 2. The first-order valence-corrected chi connectivity index (χ1v) is 11.4. The quantitative estimate of drug-likeness (QED) is 0.463. The Morgan fingerprint density at radius 3 is 2.84 bits per heavy atom. The number of aryl methyl sites for hydroxylation is 1. The lowest BCUT2D eigenvalue weighted by molar-refractivity contribution is 0.192. The minimum Gasteiger partial charge on any atom is -0.493 e. The predicted molar refractivity (Wildman–Crippen MR) is 127 cm³/mol. The lowest BCUT2D eigenvalue weighted by atomic mass is 10.1.